The number of carbonyl (C=O) groups is 1. The summed E-state index contributed by atoms with van der Waals surface area (Å²) in [7, 11) is -2.66. The van der Waals surface area contributed by atoms with Crippen molar-refractivity contribution >= 4 is 38.9 Å². The fourth-order valence-electron chi connectivity index (χ4n) is 3.51. The molecule has 1 N–H and O–H groups in total. The van der Waals surface area contributed by atoms with Crippen molar-refractivity contribution in [1.29, 1.82) is 0 Å². The molecule has 0 aliphatic carbocycles. The van der Waals surface area contributed by atoms with Crippen molar-refractivity contribution in [3.63, 3.8) is 0 Å². The smallest absolute Gasteiger partial charge is 0.264 e. The Hall–Kier alpha value is -3.03. The van der Waals surface area contributed by atoms with Crippen molar-refractivity contribution in [3.05, 3.63) is 82.4 Å². The van der Waals surface area contributed by atoms with Gasteiger partial charge in [-0.3, -0.25) is 9.10 Å². The number of hydrogen-bond donors (Lipinski definition) is 1. The molecule has 0 unspecified atom stereocenters. The zero-order valence-electron chi connectivity index (χ0n) is 19.1. The minimum Gasteiger partial charge on any atom is -0.495 e. The van der Waals surface area contributed by atoms with Crippen LogP contribution in [0, 0.1) is 13.8 Å². The maximum absolute atomic E-state index is 13.6. The molecule has 0 spiro atoms. The first kappa shape index (κ1) is 24.6. The maximum atomic E-state index is 13.6. The van der Waals surface area contributed by atoms with Gasteiger partial charge in [0.2, 0.25) is 5.91 Å². The van der Waals surface area contributed by atoms with Gasteiger partial charge in [-0.25, -0.2) is 8.42 Å². The molecule has 0 radical (unpaired) electrons. The third-order valence-electron chi connectivity index (χ3n) is 5.31. The quantitative estimate of drug-likeness (QED) is 0.465. The highest BCUT2D eigenvalue weighted by Gasteiger charge is 2.30. The summed E-state index contributed by atoms with van der Waals surface area (Å²) in [5.74, 6) is -0.190. The molecular weight excluding hydrogens is 460 g/mol. The van der Waals surface area contributed by atoms with Crippen LogP contribution in [0.4, 0.5) is 11.4 Å². The van der Waals surface area contributed by atoms with Gasteiger partial charge in [0.25, 0.3) is 10.0 Å². The second kappa shape index (κ2) is 10.3. The third kappa shape index (κ3) is 5.49. The van der Waals surface area contributed by atoms with Crippen LogP contribution in [0.5, 0.6) is 5.75 Å². The van der Waals surface area contributed by atoms with E-state index >= 15 is 0 Å². The number of anilines is 2. The van der Waals surface area contributed by atoms with E-state index in [9.17, 15) is 13.2 Å². The number of ether oxygens (including phenoxy) is 1. The van der Waals surface area contributed by atoms with Crippen LogP contribution in [-0.2, 0) is 21.2 Å². The first-order valence-corrected chi connectivity index (χ1v) is 12.3. The molecule has 0 fully saturated rings. The predicted octanol–water partition coefficient (Wildman–Crippen LogP) is 5.36. The number of para-hydroxylation sites is 1. The standard InChI is InChI=1S/C25H27ClN2O4S/c1-5-19-8-6-7-18(3)25(19)27-24(29)16-28(22-15-20(26)11-14-23(22)32-4)33(30,31)21-12-9-17(2)10-13-21/h6-15H,5,16H2,1-4H3,(H,27,29). The van der Waals surface area contributed by atoms with Crippen molar-refractivity contribution in [3.8, 4) is 5.75 Å². The molecule has 0 saturated heterocycles. The van der Waals surface area contributed by atoms with Gasteiger partial charge in [0.15, 0.2) is 0 Å². The van der Waals surface area contributed by atoms with Gasteiger partial charge in [0, 0.05) is 10.7 Å². The fraction of sp³-hybridized carbons (Fsp3) is 0.240. The Labute approximate surface area is 200 Å². The average molecular weight is 487 g/mol. The lowest BCUT2D eigenvalue weighted by atomic mass is 10.1. The number of nitrogens with one attached hydrogen (secondary N) is 1. The van der Waals surface area contributed by atoms with E-state index < -0.39 is 22.5 Å². The molecule has 1 amide bonds. The van der Waals surface area contributed by atoms with Gasteiger partial charge in [-0.15, -0.1) is 0 Å². The molecule has 3 aromatic carbocycles. The van der Waals surface area contributed by atoms with E-state index in [1.165, 1.54) is 25.3 Å². The third-order valence-corrected chi connectivity index (χ3v) is 7.32. The van der Waals surface area contributed by atoms with Crippen molar-refractivity contribution in [2.75, 3.05) is 23.3 Å². The number of rotatable bonds is 8. The Balaban J connectivity index is 2.06. The molecule has 0 atom stereocenters. The Morgan fingerprint density at radius 3 is 2.39 bits per heavy atom. The van der Waals surface area contributed by atoms with Gasteiger partial charge < -0.3 is 10.1 Å². The summed E-state index contributed by atoms with van der Waals surface area (Å²) in [6.07, 6.45) is 0.727. The number of benzene rings is 3. The summed E-state index contributed by atoms with van der Waals surface area (Å²) in [4.78, 5) is 13.2. The predicted molar refractivity (Wildman–Crippen MR) is 133 cm³/mol. The highest BCUT2D eigenvalue weighted by Crippen LogP contribution is 2.35. The number of methoxy groups -OCH3 is 1. The molecule has 3 aromatic rings. The Morgan fingerprint density at radius 1 is 1.06 bits per heavy atom. The maximum Gasteiger partial charge on any atom is 0.264 e. The van der Waals surface area contributed by atoms with Crippen LogP contribution < -0.4 is 14.4 Å². The molecule has 0 bridgehead atoms. The van der Waals surface area contributed by atoms with Crippen LogP contribution in [-0.4, -0.2) is 28.0 Å². The van der Waals surface area contributed by atoms with Crippen LogP contribution in [0.3, 0.4) is 0 Å². The Bertz CT molecular complexity index is 1260. The van der Waals surface area contributed by atoms with Crippen molar-refractivity contribution < 1.29 is 17.9 Å². The SMILES string of the molecule is CCc1cccc(C)c1NC(=O)CN(c1cc(Cl)ccc1OC)S(=O)(=O)c1ccc(C)cc1. The van der Waals surface area contributed by atoms with Crippen molar-refractivity contribution in [2.45, 2.75) is 32.1 Å². The number of halogens is 1. The van der Waals surface area contributed by atoms with E-state index in [0.717, 1.165) is 27.4 Å². The van der Waals surface area contributed by atoms with E-state index in [0.29, 0.717) is 10.7 Å². The van der Waals surface area contributed by atoms with E-state index in [-0.39, 0.29) is 16.3 Å². The van der Waals surface area contributed by atoms with Crippen LogP contribution in [0.2, 0.25) is 5.02 Å². The highest BCUT2D eigenvalue weighted by molar-refractivity contribution is 7.92. The van der Waals surface area contributed by atoms with Gasteiger partial charge in [-0.2, -0.15) is 0 Å². The molecule has 0 aliphatic heterocycles. The summed E-state index contributed by atoms with van der Waals surface area (Å²) in [6.45, 7) is 5.31. The summed E-state index contributed by atoms with van der Waals surface area (Å²) in [6, 6.07) is 16.9. The van der Waals surface area contributed by atoms with E-state index in [1.807, 2.05) is 39.0 Å². The molecule has 0 aromatic heterocycles. The number of amides is 1. The lowest BCUT2D eigenvalue weighted by molar-refractivity contribution is -0.114. The monoisotopic (exact) mass is 486 g/mol. The second-order valence-corrected chi connectivity index (χ2v) is 9.95. The Kier molecular flexibility index (Phi) is 7.66. The summed E-state index contributed by atoms with van der Waals surface area (Å²) < 4.78 is 33.7. The molecule has 174 valence electrons. The van der Waals surface area contributed by atoms with E-state index in [1.54, 1.807) is 24.3 Å². The largest absolute Gasteiger partial charge is 0.495 e. The molecule has 6 nitrogen and oxygen atoms in total. The lowest BCUT2D eigenvalue weighted by Gasteiger charge is -2.26. The average Bonchev–Trinajstić information content (AvgIpc) is 2.79. The van der Waals surface area contributed by atoms with E-state index in [4.69, 9.17) is 16.3 Å². The molecule has 0 heterocycles. The molecule has 33 heavy (non-hydrogen) atoms. The minimum atomic E-state index is -4.10. The van der Waals surface area contributed by atoms with Gasteiger partial charge in [0.05, 0.1) is 17.7 Å². The van der Waals surface area contributed by atoms with Gasteiger partial charge in [-0.1, -0.05) is 54.4 Å². The van der Waals surface area contributed by atoms with Gasteiger partial charge >= 0.3 is 0 Å². The van der Waals surface area contributed by atoms with Crippen molar-refractivity contribution in [2.24, 2.45) is 0 Å². The molecule has 8 heteroatoms. The van der Waals surface area contributed by atoms with Crippen LogP contribution in [0.25, 0.3) is 0 Å². The summed E-state index contributed by atoms with van der Waals surface area (Å²) in [5, 5.41) is 3.22. The zero-order valence-corrected chi connectivity index (χ0v) is 20.6. The minimum absolute atomic E-state index is 0.0630. The number of hydrogen-bond acceptors (Lipinski definition) is 4. The van der Waals surface area contributed by atoms with Crippen molar-refractivity contribution in [1.82, 2.24) is 0 Å². The van der Waals surface area contributed by atoms with Gasteiger partial charge in [-0.05, 0) is 61.7 Å². The number of sulfonamides is 1. The molecule has 3 rings (SSSR count). The molecular formula is C25H27ClN2O4S. The van der Waals surface area contributed by atoms with Crippen LogP contribution in [0.15, 0.2) is 65.6 Å². The van der Waals surface area contributed by atoms with Gasteiger partial charge in [0.1, 0.15) is 12.3 Å². The topological polar surface area (TPSA) is 75.7 Å². The van der Waals surface area contributed by atoms with E-state index in [2.05, 4.69) is 5.32 Å². The number of nitrogens with zero attached hydrogens (tertiary/aromatic N) is 1. The molecule has 0 aliphatic rings. The van der Waals surface area contributed by atoms with Crippen LogP contribution >= 0.6 is 11.6 Å². The number of carbonyl (C=O) groups excluding carboxylic acids is 1. The van der Waals surface area contributed by atoms with Crippen LogP contribution in [0.1, 0.15) is 23.6 Å². The fourth-order valence-corrected chi connectivity index (χ4v) is 5.10. The number of aryl methyl sites for hydroxylation is 3. The highest BCUT2D eigenvalue weighted by atomic mass is 35.5. The lowest BCUT2D eigenvalue weighted by Crippen LogP contribution is -2.38. The first-order valence-electron chi connectivity index (χ1n) is 10.5. The normalized spacial score (nSPS) is 11.2. The zero-order chi connectivity index (χ0) is 24.2. The molecule has 0 saturated carbocycles. The summed E-state index contributed by atoms with van der Waals surface area (Å²) >= 11 is 6.18. The first-order chi connectivity index (χ1) is 15.7. The second-order valence-electron chi connectivity index (χ2n) is 7.65. The summed E-state index contributed by atoms with van der Waals surface area (Å²) in [5.41, 5.74) is 3.66. The Morgan fingerprint density at radius 2 is 1.76 bits per heavy atom.